The molecule has 4 rings (SSSR count). The highest BCUT2D eigenvalue weighted by Gasteiger charge is 2.37. The number of cyclic esters (lactones) is 1. The van der Waals surface area contributed by atoms with Gasteiger partial charge in [-0.25, -0.2) is 9.78 Å². The number of nitrogens with zero attached hydrogens (tertiary/aromatic N) is 2. The van der Waals surface area contributed by atoms with Gasteiger partial charge in [-0.15, -0.1) is 0 Å². The number of rotatable bonds is 7. The summed E-state index contributed by atoms with van der Waals surface area (Å²) in [6, 6.07) is 14.2. The molecular formula is C24H25N5O4. The minimum atomic E-state index is -0.731. The summed E-state index contributed by atoms with van der Waals surface area (Å²) < 4.78 is 5.42. The predicted molar refractivity (Wildman–Crippen MR) is 123 cm³/mol. The molecule has 2 heterocycles. The van der Waals surface area contributed by atoms with Gasteiger partial charge in [0.25, 0.3) is 5.91 Å². The van der Waals surface area contributed by atoms with Gasteiger partial charge in [-0.1, -0.05) is 30.3 Å². The van der Waals surface area contributed by atoms with E-state index in [2.05, 4.69) is 25.9 Å². The molecule has 1 atom stereocenters. The van der Waals surface area contributed by atoms with Crippen molar-refractivity contribution in [2.24, 2.45) is 0 Å². The Morgan fingerprint density at radius 3 is 2.64 bits per heavy atom. The molecule has 1 amide bonds. The van der Waals surface area contributed by atoms with Crippen LogP contribution in [-0.4, -0.2) is 40.6 Å². The summed E-state index contributed by atoms with van der Waals surface area (Å²) in [5.74, 6) is -0.188. The molecule has 0 spiro atoms. The largest absolute Gasteiger partial charge is 0.451 e. The maximum Gasteiger partial charge on any atom is 0.339 e. The van der Waals surface area contributed by atoms with Crippen LogP contribution in [0.1, 0.15) is 51.7 Å². The Hall–Kier alpha value is -3.98. The van der Waals surface area contributed by atoms with Gasteiger partial charge in [-0.2, -0.15) is 4.98 Å². The van der Waals surface area contributed by atoms with Crippen LogP contribution in [0.2, 0.25) is 0 Å². The molecule has 4 N–H and O–H groups in total. The fourth-order valence-electron chi connectivity index (χ4n) is 3.71. The third-order valence-electron chi connectivity index (χ3n) is 5.45. The number of esters is 1. The number of aliphatic hydroxyl groups excluding tert-OH is 1. The molecule has 0 unspecified atom stereocenters. The number of hydrogen-bond acceptors (Lipinski definition) is 8. The number of anilines is 3. The van der Waals surface area contributed by atoms with E-state index >= 15 is 0 Å². The first-order valence-electron chi connectivity index (χ1n) is 10.5. The summed E-state index contributed by atoms with van der Waals surface area (Å²) in [6.45, 7) is 3.46. The Labute approximate surface area is 191 Å². The van der Waals surface area contributed by atoms with Crippen LogP contribution in [0.3, 0.4) is 0 Å². The Bertz CT molecular complexity index is 1200. The molecule has 1 aliphatic rings. The van der Waals surface area contributed by atoms with Crippen LogP contribution >= 0.6 is 0 Å². The van der Waals surface area contributed by atoms with Crippen molar-refractivity contribution >= 4 is 29.3 Å². The number of carbonyl (C=O) groups is 2. The number of hydrogen-bond donors (Lipinski definition) is 4. The molecule has 0 bridgehead atoms. The van der Waals surface area contributed by atoms with E-state index in [4.69, 9.17) is 4.74 Å². The number of ether oxygens (including phenoxy) is 1. The van der Waals surface area contributed by atoms with Gasteiger partial charge in [-0.3, -0.25) is 4.79 Å². The topological polar surface area (TPSA) is 125 Å². The second-order valence-electron chi connectivity index (χ2n) is 8.11. The number of aromatic nitrogens is 2. The Balaban J connectivity index is 1.65. The lowest BCUT2D eigenvalue weighted by Crippen LogP contribution is -2.23. The molecule has 9 heteroatoms. The standard InChI is InChI=1S/C24H25N5O4/c1-24(2)18-11-15(9-10-16(18)22(32)33-24)27-23-26-12-17(21(31)25-3)20(29-23)28-19(13-30)14-7-5-4-6-8-14/h4-12,19,30H,13H2,1-3H3,(H,25,31)(H2,26,27,28,29)/t19-/m1/s1. The van der Waals surface area contributed by atoms with E-state index in [0.717, 1.165) is 11.1 Å². The first kappa shape index (κ1) is 22.2. The van der Waals surface area contributed by atoms with Gasteiger partial charge < -0.3 is 25.8 Å². The average Bonchev–Trinajstić information content (AvgIpc) is 3.05. The molecule has 1 aromatic heterocycles. The molecule has 2 aromatic carbocycles. The van der Waals surface area contributed by atoms with Crippen LogP contribution in [0, 0.1) is 0 Å². The van der Waals surface area contributed by atoms with Crippen LogP contribution in [0.25, 0.3) is 0 Å². The Morgan fingerprint density at radius 1 is 1.18 bits per heavy atom. The average molecular weight is 447 g/mol. The smallest absolute Gasteiger partial charge is 0.339 e. The van der Waals surface area contributed by atoms with E-state index in [0.29, 0.717) is 11.3 Å². The molecule has 1 aliphatic heterocycles. The number of carbonyl (C=O) groups excluding carboxylic acids is 2. The molecular weight excluding hydrogens is 422 g/mol. The highest BCUT2D eigenvalue weighted by molar-refractivity contribution is 5.98. The van der Waals surface area contributed by atoms with Crippen LogP contribution in [-0.2, 0) is 10.3 Å². The molecule has 33 heavy (non-hydrogen) atoms. The number of amides is 1. The Morgan fingerprint density at radius 2 is 1.94 bits per heavy atom. The predicted octanol–water partition coefficient (Wildman–Crippen LogP) is 3.13. The number of nitrogens with one attached hydrogen (secondary N) is 3. The third kappa shape index (κ3) is 4.49. The zero-order valence-corrected chi connectivity index (χ0v) is 18.5. The summed E-state index contributed by atoms with van der Waals surface area (Å²) in [4.78, 5) is 33.2. The number of benzene rings is 2. The minimum Gasteiger partial charge on any atom is -0.451 e. The van der Waals surface area contributed by atoms with Crippen molar-refractivity contribution in [3.63, 3.8) is 0 Å². The van der Waals surface area contributed by atoms with Gasteiger partial charge in [0.2, 0.25) is 5.95 Å². The van der Waals surface area contributed by atoms with Crippen molar-refractivity contribution < 1.29 is 19.4 Å². The summed E-state index contributed by atoms with van der Waals surface area (Å²) in [5.41, 5.74) is 2.32. The van der Waals surface area contributed by atoms with E-state index in [1.54, 1.807) is 12.1 Å². The maximum absolute atomic E-state index is 12.4. The van der Waals surface area contributed by atoms with E-state index in [-0.39, 0.29) is 35.8 Å². The Kier molecular flexibility index (Phi) is 5.97. The minimum absolute atomic E-state index is 0.197. The van der Waals surface area contributed by atoms with Gasteiger partial charge in [0.05, 0.1) is 18.2 Å². The van der Waals surface area contributed by atoms with Crippen molar-refractivity contribution in [2.45, 2.75) is 25.5 Å². The van der Waals surface area contributed by atoms with Crippen molar-refractivity contribution in [3.05, 3.63) is 77.0 Å². The van der Waals surface area contributed by atoms with Crippen molar-refractivity contribution in [2.75, 3.05) is 24.3 Å². The molecule has 0 radical (unpaired) electrons. The van der Waals surface area contributed by atoms with Crippen molar-refractivity contribution in [1.29, 1.82) is 0 Å². The summed E-state index contributed by atoms with van der Waals surface area (Å²) in [6.07, 6.45) is 1.42. The lowest BCUT2D eigenvalue weighted by atomic mass is 9.95. The van der Waals surface area contributed by atoms with Crippen LogP contribution in [0.15, 0.2) is 54.7 Å². The SMILES string of the molecule is CNC(=O)c1cnc(Nc2ccc3c(c2)C(C)(C)OC3=O)nc1N[C@H](CO)c1ccccc1. The van der Waals surface area contributed by atoms with E-state index in [1.165, 1.54) is 13.2 Å². The number of fused-ring (bicyclic) bond motifs is 1. The summed E-state index contributed by atoms with van der Waals surface area (Å²) in [7, 11) is 1.52. The first-order chi connectivity index (χ1) is 15.8. The van der Waals surface area contributed by atoms with Gasteiger partial charge in [0.1, 0.15) is 17.0 Å². The summed E-state index contributed by atoms with van der Waals surface area (Å²) >= 11 is 0. The molecule has 0 fully saturated rings. The fraction of sp³-hybridized carbons (Fsp3) is 0.250. The second-order valence-corrected chi connectivity index (χ2v) is 8.11. The quantitative estimate of drug-likeness (QED) is 0.407. The van der Waals surface area contributed by atoms with E-state index in [9.17, 15) is 14.7 Å². The zero-order chi connectivity index (χ0) is 23.6. The molecule has 3 aromatic rings. The van der Waals surface area contributed by atoms with Crippen LogP contribution in [0.4, 0.5) is 17.5 Å². The normalized spacial score (nSPS) is 14.7. The maximum atomic E-state index is 12.4. The van der Waals surface area contributed by atoms with Crippen LogP contribution < -0.4 is 16.0 Å². The molecule has 0 aliphatic carbocycles. The highest BCUT2D eigenvalue weighted by atomic mass is 16.6. The number of aliphatic hydroxyl groups is 1. The van der Waals surface area contributed by atoms with E-state index < -0.39 is 11.6 Å². The lowest BCUT2D eigenvalue weighted by molar-refractivity contribution is 0.00953. The van der Waals surface area contributed by atoms with Crippen molar-refractivity contribution in [3.8, 4) is 0 Å². The zero-order valence-electron chi connectivity index (χ0n) is 18.5. The molecule has 9 nitrogen and oxygen atoms in total. The third-order valence-corrected chi connectivity index (χ3v) is 5.45. The van der Waals surface area contributed by atoms with Gasteiger partial charge in [0, 0.05) is 24.5 Å². The second kappa shape index (κ2) is 8.87. The van der Waals surface area contributed by atoms with Crippen LogP contribution in [0.5, 0.6) is 0 Å². The van der Waals surface area contributed by atoms with Gasteiger partial charge in [-0.05, 0) is 37.6 Å². The monoisotopic (exact) mass is 447 g/mol. The highest BCUT2D eigenvalue weighted by Crippen LogP contribution is 2.37. The first-order valence-corrected chi connectivity index (χ1v) is 10.5. The molecule has 0 saturated heterocycles. The summed E-state index contributed by atoms with van der Waals surface area (Å²) in [5, 5.41) is 18.8. The fourth-order valence-corrected chi connectivity index (χ4v) is 3.71. The van der Waals surface area contributed by atoms with Crippen molar-refractivity contribution in [1.82, 2.24) is 15.3 Å². The van der Waals surface area contributed by atoms with Gasteiger partial charge in [0.15, 0.2) is 0 Å². The molecule has 0 saturated carbocycles. The van der Waals surface area contributed by atoms with E-state index in [1.807, 2.05) is 50.2 Å². The van der Waals surface area contributed by atoms with Gasteiger partial charge >= 0.3 is 5.97 Å². The lowest BCUT2D eigenvalue weighted by Gasteiger charge is -2.20. The molecule has 170 valence electrons.